The van der Waals surface area contributed by atoms with E-state index in [1.807, 2.05) is 0 Å². The lowest BCUT2D eigenvalue weighted by Crippen LogP contribution is -2.37. The van der Waals surface area contributed by atoms with Crippen molar-refractivity contribution in [3.05, 3.63) is 29.3 Å². The van der Waals surface area contributed by atoms with Gasteiger partial charge in [0.1, 0.15) is 5.75 Å². The SMILES string of the molecule is COc1cc(C)ccc1CN[C@@H]1C[C@H]2C[C@@H]1C[C@H]2C(=O)O. The Morgan fingerprint density at radius 2 is 2.14 bits per heavy atom. The van der Waals surface area contributed by atoms with Crippen LogP contribution in [0.3, 0.4) is 0 Å². The molecule has 1 aromatic carbocycles. The van der Waals surface area contributed by atoms with Gasteiger partial charge in [-0.3, -0.25) is 4.79 Å². The van der Waals surface area contributed by atoms with E-state index in [0.717, 1.165) is 31.6 Å². The van der Waals surface area contributed by atoms with Gasteiger partial charge in [-0.05, 0) is 49.7 Å². The number of aliphatic carboxylic acids is 1. The molecule has 4 atom stereocenters. The van der Waals surface area contributed by atoms with Crippen LogP contribution in [-0.4, -0.2) is 24.2 Å². The van der Waals surface area contributed by atoms with Crippen molar-refractivity contribution in [1.82, 2.24) is 5.32 Å². The first-order chi connectivity index (χ1) is 10.1. The van der Waals surface area contributed by atoms with E-state index in [4.69, 9.17) is 4.74 Å². The molecule has 0 aliphatic heterocycles. The number of aryl methyl sites for hydroxylation is 1. The molecule has 4 heteroatoms. The highest BCUT2D eigenvalue weighted by Gasteiger charge is 2.48. The first-order valence-electron chi connectivity index (χ1n) is 7.68. The summed E-state index contributed by atoms with van der Waals surface area (Å²) in [4.78, 5) is 11.2. The number of ether oxygens (including phenoxy) is 1. The molecule has 114 valence electrons. The topological polar surface area (TPSA) is 58.6 Å². The molecule has 1 aromatic rings. The third kappa shape index (κ3) is 2.77. The van der Waals surface area contributed by atoms with Crippen LogP contribution in [0.4, 0.5) is 0 Å². The molecule has 4 nitrogen and oxygen atoms in total. The van der Waals surface area contributed by atoms with Gasteiger partial charge >= 0.3 is 5.97 Å². The summed E-state index contributed by atoms with van der Waals surface area (Å²) in [6, 6.07) is 6.71. The summed E-state index contributed by atoms with van der Waals surface area (Å²) < 4.78 is 5.43. The van der Waals surface area contributed by atoms with Gasteiger partial charge in [0.25, 0.3) is 0 Å². The van der Waals surface area contributed by atoms with Gasteiger partial charge in [0.05, 0.1) is 13.0 Å². The number of nitrogens with one attached hydrogen (secondary N) is 1. The molecule has 0 spiro atoms. The molecule has 2 saturated carbocycles. The third-order valence-corrected chi connectivity index (χ3v) is 5.17. The fourth-order valence-electron chi connectivity index (χ4n) is 4.07. The predicted molar refractivity (Wildman–Crippen MR) is 80.3 cm³/mol. The van der Waals surface area contributed by atoms with Gasteiger partial charge in [0.2, 0.25) is 0 Å². The van der Waals surface area contributed by atoms with Crippen LogP contribution in [0.2, 0.25) is 0 Å². The normalized spacial score (nSPS) is 30.6. The Labute approximate surface area is 125 Å². The summed E-state index contributed by atoms with van der Waals surface area (Å²) in [5.74, 6) is 1.09. The molecular formula is C17H23NO3. The monoisotopic (exact) mass is 289 g/mol. The van der Waals surface area contributed by atoms with Crippen LogP contribution >= 0.6 is 0 Å². The lowest BCUT2D eigenvalue weighted by atomic mass is 9.86. The number of carboxylic acid groups (broad SMARTS) is 1. The highest BCUT2D eigenvalue weighted by molar-refractivity contribution is 5.71. The van der Waals surface area contributed by atoms with Gasteiger partial charge < -0.3 is 15.2 Å². The average Bonchev–Trinajstić information content (AvgIpc) is 3.05. The van der Waals surface area contributed by atoms with Crippen LogP contribution in [0.1, 0.15) is 30.4 Å². The standard InChI is InChI=1S/C17H23NO3/c1-10-3-4-11(16(5-10)21-2)9-18-15-8-12-6-13(15)7-14(12)17(19)20/h3-5,12-15,18H,6-9H2,1-2H3,(H,19,20)/t12-,13-,14-,15-/m1/s1. The molecule has 0 unspecified atom stereocenters. The molecule has 0 radical (unpaired) electrons. The highest BCUT2D eigenvalue weighted by Crippen LogP contribution is 2.48. The molecule has 0 aromatic heterocycles. The molecule has 2 N–H and O–H groups in total. The van der Waals surface area contributed by atoms with Gasteiger partial charge in [0.15, 0.2) is 0 Å². The first-order valence-corrected chi connectivity index (χ1v) is 7.68. The maximum atomic E-state index is 11.2. The second-order valence-electron chi connectivity index (χ2n) is 6.47. The Hall–Kier alpha value is -1.55. The van der Waals surface area contributed by atoms with Crippen LogP contribution < -0.4 is 10.1 Å². The van der Waals surface area contributed by atoms with Crippen molar-refractivity contribution in [2.45, 2.75) is 38.8 Å². The minimum atomic E-state index is -0.610. The summed E-state index contributed by atoms with van der Waals surface area (Å²) in [6.07, 6.45) is 2.90. The van der Waals surface area contributed by atoms with Crippen molar-refractivity contribution < 1.29 is 14.6 Å². The smallest absolute Gasteiger partial charge is 0.306 e. The summed E-state index contributed by atoms with van der Waals surface area (Å²) in [7, 11) is 1.70. The van der Waals surface area contributed by atoms with Crippen molar-refractivity contribution in [2.24, 2.45) is 17.8 Å². The Kier molecular flexibility index (Phi) is 3.89. The van der Waals surface area contributed by atoms with E-state index in [2.05, 4.69) is 30.4 Å². The number of carboxylic acids is 1. The second-order valence-corrected chi connectivity index (χ2v) is 6.47. The molecule has 2 aliphatic rings. The zero-order chi connectivity index (χ0) is 15.0. The van der Waals surface area contributed by atoms with E-state index >= 15 is 0 Å². The van der Waals surface area contributed by atoms with Crippen LogP contribution in [0, 0.1) is 24.7 Å². The Morgan fingerprint density at radius 1 is 1.33 bits per heavy atom. The summed E-state index contributed by atoms with van der Waals surface area (Å²) in [5, 5.41) is 12.8. The molecule has 21 heavy (non-hydrogen) atoms. The van der Waals surface area contributed by atoms with Gasteiger partial charge in [-0.25, -0.2) is 0 Å². The average molecular weight is 289 g/mol. The maximum absolute atomic E-state index is 11.2. The van der Waals surface area contributed by atoms with Crippen molar-refractivity contribution in [3.8, 4) is 5.75 Å². The fourth-order valence-corrected chi connectivity index (χ4v) is 4.07. The lowest BCUT2D eigenvalue weighted by molar-refractivity contribution is -0.143. The maximum Gasteiger partial charge on any atom is 0.306 e. The van der Waals surface area contributed by atoms with Gasteiger partial charge in [-0.1, -0.05) is 12.1 Å². The third-order valence-electron chi connectivity index (χ3n) is 5.17. The van der Waals surface area contributed by atoms with E-state index < -0.39 is 5.97 Å². The number of rotatable bonds is 5. The predicted octanol–water partition coefficient (Wildman–Crippen LogP) is 2.59. The molecule has 0 saturated heterocycles. The van der Waals surface area contributed by atoms with Crippen molar-refractivity contribution in [3.63, 3.8) is 0 Å². The van der Waals surface area contributed by atoms with Crippen molar-refractivity contribution in [1.29, 1.82) is 0 Å². The minimum absolute atomic E-state index is 0.109. The van der Waals surface area contributed by atoms with E-state index in [-0.39, 0.29) is 5.92 Å². The number of hydrogen-bond acceptors (Lipinski definition) is 3. The van der Waals surface area contributed by atoms with Crippen LogP contribution in [-0.2, 0) is 11.3 Å². The van der Waals surface area contributed by atoms with Crippen LogP contribution in [0.5, 0.6) is 5.75 Å². The number of fused-ring (bicyclic) bond motifs is 2. The van der Waals surface area contributed by atoms with E-state index in [1.54, 1.807) is 7.11 Å². The Bertz CT molecular complexity index is 543. The van der Waals surface area contributed by atoms with Crippen molar-refractivity contribution in [2.75, 3.05) is 7.11 Å². The molecule has 2 aliphatic carbocycles. The fraction of sp³-hybridized carbons (Fsp3) is 0.588. The Morgan fingerprint density at radius 3 is 2.76 bits per heavy atom. The summed E-state index contributed by atoms with van der Waals surface area (Å²) in [6.45, 7) is 2.84. The van der Waals surface area contributed by atoms with Crippen molar-refractivity contribution >= 4 is 5.97 Å². The zero-order valence-electron chi connectivity index (χ0n) is 12.6. The number of methoxy groups -OCH3 is 1. The minimum Gasteiger partial charge on any atom is -0.496 e. The van der Waals surface area contributed by atoms with E-state index in [0.29, 0.717) is 17.9 Å². The lowest BCUT2D eigenvalue weighted by Gasteiger charge is -2.26. The molecule has 0 heterocycles. The van der Waals surface area contributed by atoms with Crippen LogP contribution in [0.15, 0.2) is 18.2 Å². The largest absolute Gasteiger partial charge is 0.496 e. The molecular weight excluding hydrogens is 266 g/mol. The van der Waals surface area contributed by atoms with Gasteiger partial charge in [0, 0.05) is 18.2 Å². The number of benzene rings is 1. The number of hydrogen-bond donors (Lipinski definition) is 2. The van der Waals surface area contributed by atoms with Gasteiger partial charge in [-0.2, -0.15) is 0 Å². The number of carbonyl (C=O) groups is 1. The molecule has 2 fully saturated rings. The molecule has 2 bridgehead atoms. The van der Waals surface area contributed by atoms with E-state index in [1.165, 1.54) is 11.1 Å². The Balaban J connectivity index is 1.59. The molecule has 0 amide bonds. The highest BCUT2D eigenvalue weighted by atomic mass is 16.5. The molecule has 3 rings (SSSR count). The van der Waals surface area contributed by atoms with Crippen LogP contribution in [0.25, 0.3) is 0 Å². The first kappa shape index (κ1) is 14.4. The van der Waals surface area contributed by atoms with E-state index in [9.17, 15) is 9.90 Å². The zero-order valence-corrected chi connectivity index (χ0v) is 12.6. The summed E-state index contributed by atoms with van der Waals surface area (Å²) >= 11 is 0. The van der Waals surface area contributed by atoms with Gasteiger partial charge in [-0.15, -0.1) is 0 Å². The quantitative estimate of drug-likeness (QED) is 0.875. The summed E-state index contributed by atoms with van der Waals surface area (Å²) in [5.41, 5.74) is 2.36. The second kappa shape index (κ2) is 5.68.